The van der Waals surface area contributed by atoms with Gasteiger partial charge >= 0.3 is 5.97 Å². The van der Waals surface area contributed by atoms with Crippen LogP contribution in [-0.4, -0.2) is 25.2 Å². The number of nitrogens with one attached hydrogen (secondary N) is 1. The maximum absolute atomic E-state index is 11.2. The van der Waals surface area contributed by atoms with E-state index < -0.39 is 5.54 Å². The monoisotopic (exact) mass is 155 g/mol. The Morgan fingerprint density at radius 1 is 1.91 bits per heavy atom. The number of methoxy groups -OCH3 is 1. The first-order valence-corrected chi connectivity index (χ1v) is 3.69. The van der Waals surface area contributed by atoms with Crippen molar-refractivity contribution in [2.24, 2.45) is 0 Å². The number of hydrogen-bond acceptors (Lipinski definition) is 3. The highest BCUT2D eigenvalue weighted by atomic mass is 16.5. The second-order valence-electron chi connectivity index (χ2n) is 2.74. The van der Waals surface area contributed by atoms with Crippen LogP contribution < -0.4 is 5.32 Å². The Morgan fingerprint density at radius 3 is 2.82 bits per heavy atom. The minimum atomic E-state index is -0.448. The molecule has 1 saturated heterocycles. The second kappa shape index (κ2) is 3.05. The molecule has 3 nitrogen and oxygen atoms in total. The van der Waals surface area contributed by atoms with Gasteiger partial charge in [-0.3, -0.25) is 4.79 Å². The largest absolute Gasteiger partial charge is 0.468 e. The molecule has 62 valence electrons. The van der Waals surface area contributed by atoms with Gasteiger partial charge in [0.1, 0.15) is 5.54 Å². The number of rotatable bonds is 3. The fourth-order valence-electron chi connectivity index (χ4n) is 1.30. The molecule has 1 N–H and O–H groups in total. The van der Waals surface area contributed by atoms with E-state index in [0.29, 0.717) is 6.42 Å². The molecule has 0 saturated carbocycles. The van der Waals surface area contributed by atoms with E-state index >= 15 is 0 Å². The van der Waals surface area contributed by atoms with Crippen LogP contribution in [0.1, 0.15) is 12.8 Å². The molecular formula is C8H13NO2. The zero-order chi connectivity index (χ0) is 8.32. The van der Waals surface area contributed by atoms with Crippen LogP contribution in [0.4, 0.5) is 0 Å². The fourth-order valence-corrected chi connectivity index (χ4v) is 1.30. The molecule has 1 aliphatic heterocycles. The summed E-state index contributed by atoms with van der Waals surface area (Å²) in [4.78, 5) is 11.2. The minimum absolute atomic E-state index is 0.177. The van der Waals surface area contributed by atoms with Crippen molar-refractivity contribution in [3.63, 3.8) is 0 Å². The van der Waals surface area contributed by atoms with Crippen LogP contribution in [0.5, 0.6) is 0 Å². The van der Waals surface area contributed by atoms with Crippen molar-refractivity contribution in [1.29, 1.82) is 0 Å². The molecule has 1 heterocycles. The smallest absolute Gasteiger partial charge is 0.326 e. The number of ether oxygens (including phenoxy) is 1. The maximum Gasteiger partial charge on any atom is 0.326 e. The lowest BCUT2D eigenvalue weighted by Gasteiger charge is -2.39. The van der Waals surface area contributed by atoms with Gasteiger partial charge in [0.2, 0.25) is 0 Å². The molecule has 0 aromatic rings. The van der Waals surface area contributed by atoms with E-state index in [4.69, 9.17) is 0 Å². The van der Waals surface area contributed by atoms with Crippen molar-refractivity contribution < 1.29 is 9.53 Å². The summed E-state index contributed by atoms with van der Waals surface area (Å²) in [7, 11) is 1.41. The van der Waals surface area contributed by atoms with Crippen LogP contribution in [0.25, 0.3) is 0 Å². The summed E-state index contributed by atoms with van der Waals surface area (Å²) < 4.78 is 4.66. The maximum atomic E-state index is 11.2. The van der Waals surface area contributed by atoms with Gasteiger partial charge in [0, 0.05) is 0 Å². The zero-order valence-electron chi connectivity index (χ0n) is 6.72. The zero-order valence-corrected chi connectivity index (χ0v) is 6.72. The molecular weight excluding hydrogens is 142 g/mol. The van der Waals surface area contributed by atoms with E-state index in [0.717, 1.165) is 13.0 Å². The van der Waals surface area contributed by atoms with E-state index in [1.165, 1.54) is 7.11 Å². The van der Waals surface area contributed by atoms with Gasteiger partial charge in [-0.05, 0) is 19.4 Å². The molecule has 0 unspecified atom stereocenters. The SMILES string of the molecule is C=CC[C@]1(C(=O)OC)CCN1. The summed E-state index contributed by atoms with van der Waals surface area (Å²) in [5.74, 6) is -0.177. The van der Waals surface area contributed by atoms with E-state index in [2.05, 4.69) is 16.6 Å². The summed E-state index contributed by atoms with van der Waals surface area (Å²) >= 11 is 0. The number of carbonyl (C=O) groups excluding carboxylic acids is 1. The lowest BCUT2D eigenvalue weighted by Crippen LogP contribution is -2.62. The number of hydrogen-bond donors (Lipinski definition) is 1. The average molecular weight is 155 g/mol. The molecule has 1 rings (SSSR count). The van der Waals surface area contributed by atoms with Crippen LogP contribution >= 0.6 is 0 Å². The van der Waals surface area contributed by atoms with Crippen molar-refractivity contribution in [2.75, 3.05) is 13.7 Å². The third kappa shape index (κ3) is 1.28. The van der Waals surface area contributed by atoms with Gasteiger partial charge in [0.25, 0.3) is 0 Å². The normalized spacial score (nSPS) is 28.8. The highest BCUT2D eigenvalue weighted by Crippen LogP contribution is 2.24. The number of carbonyl (C=O) groups is 1. The highest BCUT2D eigenvalue weighted by Gasteiger charge is 2.43. The molecule has 1 aliphatic rings. The first-order chi connectivity index (χ1) is 5.25. The van der Waals surface area contributed by atoms with Gasteiger partial charge in [-0.15, -0.1) is 6.58 Å². The predicted octanol–water partition coefficient (Wildman–Crippen LogP) is 0.468. The van der Waals surface area contributed by atoms with Crippen molar-refractivity contribution in [1.82, 2.24) is 5.32 Å². The first kappa shape index (κ1) is 8.27. The molecule has 11 heavy (non-hydrogen) atoms. The summed E-state index contributed by atoms with van der Waals surface area (Å²) in [6, 6.07) is 0. The van der Waals surface area contributed by atoms with Crippen LogP contribution in [0.2, 0.25) is 0 Å². The Kier molecular flexibility index (Phi) is 2.29. The lowest BCUT2D eigenvalue weighted by molar-refractivity contribution is -0.151. The van der Waals surface area contributed by atoms with Gasteiger partial charge < -0.3 is 10.1 Å². The number of esters is 1. The molecule has 1 atom stereocenters. The predicted molar refractivity (Wildman–Crippen MR) is 42.2 cm³/mol. The van der Waals surface area contributed by atoms with Crippen molar-refractivity contribution in [2.45, 2.75) is 18.4 Å². The van der Waals surface area contributed by atoms with Crippen LogP contribution in [0, 0.1) is 0 Å². The minimum Gasteiger partial charge on any atom is -0.468 e. The standard InChI is InChI=1S/C8H13NO2/c1-3-4-8(5-6-9-8)7(10)11-2/h3,9H,1,4-6H2,2H3/t8-/m1/s1. The molecule has 0 bridgehead atoms. The lowest BCUT2D eigenvalue weighted by atomic mass is 9.85. The Bertz CT molecular complexity index is 173. The van der Waals surface area contributed by atoms with Gasteiger partial charge in [0.05, 0.1) is 7.11 Å². The van der Waals surface area contributed by atoms with Gasteiger partial charge in [-0.25, -0.2) is 0 Å². The third-order valence-corrected chi connectivity index (χ3v) is 2.08. The molecule has 3 heteroatoms. The van der Waals surface area contributed by atoms with E-state index in [1.807, 2.05) is 0 Å². The third-order valence-electron chi connectivity index (χ3n) is 2.08. The second-order valence-corrected chi connectivity index (χ2v) is 2.74. The highest BCUT2D eigenvalue weighted by molar-refractivity contribution is 5.82. The average Bonchev–Trinajstić information content (AvgIpc) is 1.95. The fraction of sp³-hybridized carbons (Fsp3) is 0.625. The van der Waals surface area contributed by atoms with E-state index in [9.17, 15) is 4.79 Å². The Morgan fingerprint density at radius 2 is 2.55 bits per heavy atom. The summed E-state index contributed by atoms with van der Waals surface area (Å²) in [5, 5.41) is 3.06. The Balaban J connectivity index is 2.59. The van der Waals surface area contributed by atoms with Crippen molar-refractivity contribution in [3.05, 3.63) is 12.7 Å². The Hall–Kier alpha value is -0.830. The first-order valence-electron chi connectivity index (χ1n) is 3.69. The molecule has 0 aromatic carbocycles. The van der Waals surface area contributed by atoms with Crippen molar-refractivity contribution >= 4 is 5.97 Å². The van der Waals surface area contributed by atoms with Gasteiger partial charge in [0.15, 0.2) is 0 Å². The molecule has 0 spiro atoms. The summed E-state index contributed by atoms with van der Waals surface area (Å²) in [6.45, 7) is 4.49. The van der Waals surface area contributed by atoms with E-state index in [-0.39, 0.29) is 5.97 Å². The topological polar surface area (TPSA) is 38.3 Å². The van der Waals surface area contributed by atoms with Crippen LogP contribution in [0.15, 0.2) is 12.7 Å². The molecule has 0 amide bonds. The molecule has 0 radical (unpaired) electrons. The Labute approximate surface area is 66.4 Å². The van der Waals surface area contributed by atoms with Crippen molar-refractivity contribution in [3.8, 4) is 0 Å². The quantitative estimate of drug-likeness (QED) is 0.475. The van der Waals surface area contributed by atoms with Crippen LogP contribution in [-0.2, 0) is 9.53 Å². The summed E-state index contributed by atoms with van der Waals surface area (Å²) in [5.41, 5.74) is -0.448. The molecule has 0 aromatic heterocycles. The molecule has 0 aliphatic carbocycles. The van der Waals surface area contributed by atoms with Gasteiger partial charge in [-0.1, -0.05) is 6.08 Å². The summed E-state index contributed by atoms with van der Waals surface area (Å²) in [6.07, 6.45) is 3.24. The van der Waals surface area contributed by atoms with E-state index in [1.54, 1.807) is 6.08 Å². The van der Waals surface area contributed by atoms with Crippen LogP contribution in [0.3, 0.4) is 0 Å². The van der Waals surface area contributed by atoms with Gasteiger partial charge in [-0.2, -0.15) is 0 Å². The molecule has 1 fully saturated rings.